The highest BCUT2D eigenvalue weighted by Crippen LogP contribution is 2.20. The Balaban J connectivity index is 2.15. The highest BCUT2D eigenvalue weighted by molar-refractivity contribution is 7.87. The van der Waals surface area contributed by atoms with Crippen molar-refractivity contribution in [3.8, 4) is 0 Å². The third kappa shape index (κ3) is 2.45. The number of hydrogen-bond acceptors (Lipinski definition) is 5. The fraction of sp³-hybridized carbons (Fsp3) is 0.667. The second-order valence-electron chi connectivity index (χ2n) is 3.08. The maximum absolute atomic E-state index is 11.5. The SMILES string of the molecule is O=S1(=O)NCCCN1Cc1nnsc1Cl. The molecule has 1 fully saturated rings. The number of nitrogens with zero attached hydrogens (tertiary/aromatic N) is 3. The zero-order chi connectivity index (χ0) is 10.9. The first kappa shape index (κ1) is 11.2. The van der Waals surface area contributed by atoms with Crippen LogP contribution in [-0.2, 0) is 16.8 Å². The van der Waals surface area contributed by atoms with Gasteiger partial charge >= 0.3 is 0 Å². The van der Waals surface area contributed by atoms with E-state index in [0.29, 0.717) is 23.1 Å². The summed E-state index contributed by atoms with van der Waals surface area (Å²) in [6, 6.07) is 0. The molecule has 0 saturated carbocycles. The molecule has 84 valence electrons. The van der Waals surface area contributed by atoms with E-state index < -0.39 is 10.2 Å². The Labute approximate surface area is 96.6 Å². The van der Waals surface area contributed by atoms with Crippen molar-refractivity contribution >= 4 is 33.3 Å². The molecule has 0 bridgehead atoms. The molecule has 0 radical (unpaired) electrons. The number of rotatable bonds is 2. The molecule has 1 aliphatic heterocycles. The maximum Gasteiger partial charge on any atom is 0.279 e. The molecule has 1 saturated heterocycles. The van der Waals surface area contributed by atoms with Crippen LogP contribution in [0.25, 0.3) is 0 Å². The lowest BCUT2D eigenvalue weighted by molar-refractivity contribution is 0.366. The molecule has 0 atom stereocenters. The third-order valence-corrected chi connectivity index (χ3v) is 4.59. The predicted octanol–water partition coefficient (Wildman–Crippen LogP) is 0.232. The molecule has 2 rings (SSSR count). The van der Waals surface area contributed by atoms with Crippen LogP contribution in [0.1, 0.15) is 12.1 Å². The van der Waals surface area contributed by atoms with E-state index in [0.717, 1.165) is 18.0 Å². The van der Waals surface area contributed by atoms with Crippen LogP contribution in [0, 0.1) is 0 Å². The molecular weight excluding hydrogens is 260 g/mol. The Morgan fingerprint density at radius 3 is 3.00 bits per heavy atom. The van der Waals surface area contributed by atoms with Crippen molar-refractivity contribution in [2.24, 2.45) is 0 Å². The first-order chi connectivity index (χ1) is 7.09. The Morgan fingerprint density at radius 2 is 2.40 bits per heavy atom. The molecule has 6 nitrogen and oxygen atoms in total. The molecule has 1 aromatic heterocycles. The van der Waals surface area contributed by atoms with Crippen molar-refractivity contribution in [2.45, 2.75) is 13.0 Å². The number of hydrogen-bond donors (Lipinski definition) is 1. The van der Waals surface area contributed by atoms with E-state index in [4.69, 9.17) is 11.6 Å². The Hall–Kier alpha value is -0.280. The van der Waals surface area contributed by atoms with Crippen LogP contribution < -0.4 is 4.72 Å². The minimum absolute atomic E-state index is 0.185. The summed E-state index contributed by atoms with van der Waals surface area (Å²) in [5, 5.41) is 3.78. The maximum atomic E-state index is 11.5. The average molecular weight is 269 g/mol. The standard InChI is InChI=1S/C6H9ClN4O2S2/c7-6-5(9-10-14-6)4-11-3-1-2-8-15(11,12)13/h8H,1-4H2. The molecule has 0 aromatic carbocycles. The summed E-state index contributed by atoms with van der Waals surface area (Å²) in [4.78, 5) is 0. The molecule has 0 spiro atoms. The lowest BCUT2D eigenvalue weighted by atomic mass is 10.4. The average Bonchev–Trinajstić information content (AvgIpc) is 2.56. The van der Waals surface area contributed by atoms with Crippen molar-refractivity contribution < 1.29 is 8.42 Å². The Kier molecular flexibility index (Phi) is 3.21. The van der Waals surface area contributed by atoms with Crippen LogP contribution in [0.4, 0.5) is 0 Å². The van der Waals surface area contributed by atoms with Gasteiger partial charge in [0.25, 0.3) is 10.2 Å². The summed E-state index contributed by atoms with van der Waals surface area (Å²) in [6.07, 6.45) is 0.786. The van der Waals surface area contributed by atoms with E-state index in [1.54, 1.807) is 0 Å². The van der Waals surface area contributed by atoms with Gasteiger partial charge in [0.15, 0.2) is 0 Å². The van der Waals surface area contributed by atoms with Gasteiger partial charge < -0.3 is 0 Å². The molecule has 0 aliphatic carbocycles. The van der Waals surface area contributed by atoms with Crippen LogP contribution in [0.15, 0.2) is 0 Å². The summed E-state index contributed by atoms with van der Waals surface area (Å²) in [7, 11) is -3.35. The molecule has 2 heterocycles. The second kappa shape index (κ2) is 4.30. The van der Waals surface area contributed by atoms with Gasteiger partial charge in [-0.05, 0) is 6.42 Å². The second-order valence-corrected chi connectivity index (χ2v) is 6.19. The fourth-order valence-corrected chi connectivity index (χ4v) is 3.15. The molecule has 15 heavy (non-hydrogen) atoms. The van der Waals surface area contributed by atoms with Crippen LogP contribution in [-0.4, -0.2) is 35.4 Å². The highest BCUT2D eigenvalue weighted by atomic mass is 35.5. The smallest absolute Gasteiger partial charge is 0.202 e. The van der Waals surface area contributed by atoms with E-state index in [1.165, 1.54) is 4.31 Å². The van der Waals surface area contributed by atoms with Gasteiger partial charge in [-0.1, -0.05) is 16.1 Å². The molecule has 9 heteroatoms. The van der Waals surface area contributed by atoms with Gasteiger partial charge in [0.2, 0.25) is 0 Å². The van der Waals surface area contributed by atoms with Crippen LogP contribution in [0.5, 0.6) is 0 Å². The minimum atomic E-state index is -3.35. The molecule has 0 amide bonds. The summed E-state index contributed by atoms with van der Waals surface area (Å²) in [5.74, 6) is 0. The monoisotopic (exact) mass is 268 g/mol. The molecule has 1 aliphatic rings. The van der Waals surface area contributed by atoms with Gasteiger partial charge in [0.05, 0.1) is 6.54 Å². The van der Waals surface area contributed by atoms with Gasteiger partial charge in [-0.2, -0.15) is 12.7 Å². The van der Waals surface area contributed by atoms with Crippen molar-refractivity contribution in [3.05, 3.63) is 10.0 Å². The molecular formula is C6H9ClN4O2S2. The number of aromatic nitrogens is 2. The van der Waals surface area contributed by atoms with Crippen molar-refractivity contribution in [3.63, 3.8) is 0 Å². The topological polar surface area (TPSA) is 75.2 Å². The van der Waals surface area contributed by atoms with Gasteiger partial charge in [0, 0.05) is 24.6 Å². The lowest BCUT2D eigenvalue weighted by Gasteiger charge is -2.25. The molecule has 1 N–H and O–H groups in total. The van der Waals surface area contributed by atoms with E-state index in [1.807, 2.05) is 0 Å². The minimum Gasteiger partial charge on any atom is -0.202 e. The van der Waals surface area contributed by atoms with Crippen molar-refractivity contribution in [1.82, 2.24) is 18.6 Å². The first-order valence-corrected chi connectivity index (χ1v) is 6.90. The van der Waals surface area contributed by atoms with E-state index in [2.05, 4.69) is 14.3 Å². The van der Waals surface area contributed by atoms with Gasteiger partial charge in [-0.25, -0.2) is 4.72 Å². The number of nitrogens with one attached hydrogen (secondary N) is 1. The zero-order valence-electron chi connectivity index (χ0n) is 7.68. The summed E-state index contributed by atoms with van der Waals surface area (Å²) in [6.45, 7) is 1.16. The van der Waals surface area contributed by atoms with Gasteiger partial charge in [-0.3, -0.25) is 0 Å². The fourth-order valence-electron chi connectivity index (χ4n) is 1.29. The lowest BCUT2D eigenvalue weighted by Crippen LogP contribution is -2.46. The summed E-state index contributed by atoms with van der Waals surface area (Å²) >= 11 is 6.86. The van der Waals surface area contributed by atoms with Crippen molar-refractivity contribution in [2.75, 3.05) is 13.1 Å². The van der Waals surface area contributed by atoms with Crippen molar-refractivity contribution in [1.29, 1.82) is 0 Å². The normalized spacial score (nSPS) is 21.7. The van der Waals surface area contributed by atoms with E-state index >= 15 is 0 Å². The van der Waals surface area contributed by atoms with Crippen LogP contribution in [0.3, 0.4) is 0 Å². The quantitative estimate of drug-likeness (QED) is 0.833. The first-order valence-electron chi connectivity index (χ1n) is 4.31. The Bertz CT molecular complexity index is 446. The van der Waals surface area contributed by atoms with Gasteiger partial charge in [-0.15, -0.1) is 5.10 Å². The zero-order valence-corrected chi connectivity index (χ0v) is 10.1. The number of halogens is 1. The molecule has 1 aromatic rings. The van der Waals surface area contributed by atoms with Gasteiger partial charge in [0.1, 0.15) is 10.0 Å². The predicted molar refractivity (Wildman–Crippen MR) is 56.9 cm³/mol. The van der Waals surface area contributed by atoms with E-state index in [-0.39, 0.29) is 6.54 Å². The van der Waals surface area contributed by atoms with Crippen LogP contribution >= 0.6 is 23.1 Å². The highest BCUT2D eigenvalue weighted by Gasteiger charge is 2.26. The van der Waals surface area contributed by atoms with Crippen LogP contribution in [0.2, 0.25) is 4.34 Å². The van der Waals surface area contributed by atoms with E-state index in [9.17, 15) is 8.42 Å². The molecule has 0 unspecified atom stereocenters. The third-order valence-electron chi connectivity index (χ3n) is 2.04. The summed E-state index contributed by atoms with van der Waals surface area (Å²) < 4.78 is 31.0. The Morgan fingerprint density at radius 1 is 1.60 bits per heavy atom. The summed E-state index contributed by atoms with van der Waals surface area (Å²) in [5.41, 5.74) is 0.508. The largest absolute Gasteiger partial charge is 0.279 e.